The van der Waals surface area contributed by atoms with Crippen molar-refractivity contribution in [3.63, 3.8) is 0 Å². The van der Waals surface area contributed by atoms with Gasteiger partial charge in [-0.3, -0.25) is 0 Å². The summed E-state index contributed by atoms with van der Waals surface area (Å²) in [5, 5.41) is 4.11. The number of nitrogens with one attached hydrogen (secondary N) is 1. The van der Waals surface area contributed by atoms with E-state index in [2.05, 4.69) is 21.1 Å². The van der Waals surface area contributed by atoms with Crippen molar-refractivity contribution in [1.82, 2.24) is 10.1 Å². The maximum absolute atomic E-state index is 13.9. The van der Waals surface area contributed by atoms with Crippen LogP contribution in [-0.4, -0.2) is 36.3 Å². The third-order valence-corrected chi connectivity index (χ3v) is 4.81. The van der Waals surface area contributed by atoms with Crippen LogP contribution < -0.4 is 9.80 Å². The Hall–Kier alpha value is -2.73. The van der Waals surface area contributed by atoms with Crippen molar-refractivity contribution in [2.75, 3.05) is 31.1 Å². The molecule has 0 radical (unpaired) electrons. The number of hydrogen-bond donors (Lipinski definition) is 1. The Kier molecular flexibility index (Phi) is 4.67. The van der Waals surface area contributed by atoms with Gasteiger partial charge in [-0.25, -0.2) is 4.39 Å². The standard InChI is InChI=1S/C20H21FN4O/c1-15-5-4-6-16(13-15)20-22-19(26-23-20)14-24-9-11-25(12-10-24)18-8-3-2-7-17(18)21/h2-8,13H,9-12,14H2,1H3/p+1. The van der Waals surface area contributed by atoms with Gasteiger partial charge >= 0.3 is 0 Å². The summed E-state index contributed by atoms with van der Waals surface area (Å²) in [6, 6.07) is 15.0. The summed E-state index contributed by atoms with van der Waals surface area (Å²) in [5.74, 6) is 1.12. The van der Waals surface area contributed by atoms with Gasteiger partial charge in [0.15, 0.2) is 6.54 Å². The predicted molar refractivity (Wildman–Crippen MR) is 97.5 cm³/mol. The molecule has 134 valence electrons. The van der Waals surface area contributed by atoms with Crippen LogP contribution in [0.4, 0.5) is 10.1 Å². The summed E-state index contributed by atoms with van der Waals surface area (Å²) >= 11 is 0. The zero-order valence-electron chi connectivity index (χ0n) is 14.8. The lowest BCUT2D eigenvalue weighted by Crippen LogP contribution is -3.13. The molecule has 2 aromatic carbocycles. The van der Waals surface area contributed by atoms with Crippen molar-refractivity contribution in [2.45, 2.75) is 13.5 Å². The van der Waals surface area contributed by atoms with Crippen molar-refractivity contribution in [1.29, 1.82) is 0 Å². The highest BCUT2D eigenvalue weighted by atomic mass is 19.1. The van der Waals surface area contributed by atoms with E-state index < -0.39 is 0 Å². The van der Waals surface area contributed by atoms with Crippen LogP contribution >= 0.6 is 0 Å². The van der Waals surface area contributed by atoms with Gasteiger partial charge in [-0.15, -0.1) is 0 Å². The Morgan fingerprint density at radius 1 is 1.12 bits per heavy atom. The van der Waals surface area contributed by atoms with Gasteiger partial charge in [0.05, 0.1) is 31.9 Å². The molecule has 0 amide bonds. The fraction of sp³-hybridized carbons (Fsp3) is 0.300. The van der Waals surface area contributed by atoms with Crippen LogP contribution in [0.5, 0.6) is 0 Å². The first-order valence-electron chi connectivity index (χ1n) is 8.92. The van der Waals surface area contributed by atoms with Crippen LogP contribution in [0.3, 0.4) is 0 Å². The number of rotatable bonds is 4. The molecule has 0 spiro atoms. The van der Waals surface area contributed by atoms with E-state index in [1.54, 1.807) is 6.07 Å². The summed E-state index contributed by atoms with van der Waals surface area (Å²) in [7, 11) is 0. The minimum Gasteiger partial charge on any atom is -0.358 e. The number of hydrogen-bond acceptors (Lipinski definition) is 4. The molecule has 6 heteroatoms. The van der Waals surface area contributed by atoms with E-state index in [1.807, 2.05) is 37.3 Å². The highest BCUT2D eigenvalue weighted by Gasteiger charge is 2.24. The van der Waals surface area contributed by atoms with E-state index in [4.69, 9.17) is 4.52 Å². The normalized spacial score (nSPS) is 15.4. The Balaban J connectivity index is 1.37. The molecule has 0 unspecified atom stereocenters. The molecule has 1 aliphatic rings. The molecule has 1 saturated heterocycles. The molecule has 4 rings (SSSR count). The lowest BCUT2D eigenvalue weighted by atomic mass is 10.1. The average Bonchev–Trinajstić information content (AvgIpc) is 3.12. The number of halogens is 1. The Bertz CT molecular complexity index is 887. The van der Waals surface area contributed by atoms with Gasteiger partial charge in [-0.2, -0.15) is 4.98 Å². The van der Waals surface area contributed by atoms with Crippen LogP contribution in [0.15, 0.2) is 53.1 Å². The summed E-state index contributed by atoms with van der Waals surface area (Å²) < 4.78 is 19.4. The molecule has 0 saturated carbocycles. The van der Waals surface area contributed by atoms with Crippen molar-refractivity contribution in [3.8, 4) is 11.4 Å². The first-order valence-corrected chi connectivity index (χ1v) is 8.92. The molecular formula is C20H22FN4O+. The van der Waals surface area contributed by atoms with Crippen LogP contribution in [0.25, 0.3) is 11.4 Å². The first-order chi connectivity index (χ1) is 12.7. The van der Waals surface area contributed by atoms with Crippen LogP contribution in [0.1, 0.15) is 11.5 Å². The van der Waals surface area contributed by atoms with Gasteiger partial charge < -0.3 is 14.3 Å². The number of anilines is 1. The summed E-state index contributed by atoms with van der Waals surface area (Å²) in [4.78, 5) is 8.01. The second-order valence-electron chi connectivity index (χ2n) is 6.75. The Morgan fingerprint density at radius 2 is 1.92 bits per heavy atom. The molecule has 0 aliphatic carbocycles. The number of aryl methyl sites for hydroxylation is 1. The molecule has 1 aromatic heterocycles. The van der Waals surface area contributed by atoms with E-state index in [1.165, 1.54) is 16.5 Å². The number of nitrogens with zero attached hydrogens (tertiary/aromatic N) is 3. The zero-order chi connectivity index (χ0) is 17.9. The molecule has 5 nitrogen and oxygen atoms in total. The van der Waals surface area contributed by atoms with Crippen molar-refractivity contribution in [3.05, 3.63) is 65.8 Å². The van der Waals surface area contributed by atoms with Crippen LogP contribution in [0, 0.1) is 12.7 Å². The fourth-order valence-corrected chi connectivity index (χ4v) is 3.39. The molecule has 1 N–H and O–H groups in total. The van der Waals surface area contributed by atoms with E-state index in [-0.39, 0.29) is 5.82 Å². The van der Waals surface area contributed by atoms with Crippen molar-refractivity contribution in [2.24, 2.45) is 0 Å². The minimum absolute atomic E-state index is 0.157. The fourth-order valence-electron chi connectivity index (χ4n) is 3.39. The van der Waals surface area contributed by atoms with Crippen LogP contribution in [0.2, 0.25) is 0 Å². The highest BCUT2D eigenvalue weighted by Crippen LogP contribution is 2.19. The second kappa shape index (κ2) is 7.25. The number of aromatic nitrogens is 2. The van der Waals surface area contributed by atoms with E-state index >= 15 is 0 Å². The monoisotopic (exact) mass is 353 g/mol. The van der Waals surface area contributed by atoms with Gasteiger partial charge in [-0.05, 0) is 25.1 Å². The van der Waals surface area contributed by atoms with E-state index in [9.17, 15) is 4.39 Å². The molecule has 0 bridgehead atoms. The number of para-hydroxylation sites is 1. The molecular weight excluding hydrogens is 331 g/mol. The number of quaternary nitrogens is 1. The van der Waals surface area contributed by atoms with Gasteiger partial charge in [0.25, 0.3) is 5.89 Å². The smallest absolute Gasteiger partial charge is 0.282 e. The Morgan fingerprint density at radius 3 is 2.69 bits per heavy atom. The highest BCUT2D eigenvalue weighted by molar-refractivity contribution is 5.55. The van der Waals surface area contributed by atoms with Gasteiger partial charge in [0.1, 0.15) is 5.82 Å². The predicted octanol–water partition coefficient (Wildman–Crippen LogP) is 2.09. The summed E-state index contributed by atoms with van der Waals surface area (Å²) in [5.41, 5.74) is 2.83. The van der Waals surface area contributed by atoms with Gasteiger partial charge in [0, 0.05) is 5.56 Å². The average molecular weight is 353 g/mol. The lowest BCUT2D eigenvalue weighted by molar-refractivity contribution is -0.915. The maximum Gasteiger partial charge on any atom is 0.282 e. The third kappa shape index (κ3) is 3.60. The van der Waals surface area contributed by atoms with Crippen molar-refractivity contribution < 1.29 is 13.8 Å². The number of piperazine rings is 1. The minimum atomic E-state index is -0.157. The topological polar surface area (TPSA) is 46.6 Å². The third-order valence-electron chi connectivity index (χ3n) is 4.81. The molecule has 1 fully saturated rings. The molecule has 26 heavy (non-hydrogen) atoms. The second-order valence-corrected chi connectivity index (χ2v) is 6.75. The van der Waals surface area contributed by atoms with E-state index in [0.717, 1.165) is 31.7 Å². The summed E-state index contributed by atoms with van der Waals surface area (Å²) in [6.07, 6.45) is 0. The summed E-state index contributed by atoms with van der Waals surface area (Å²) in [6.45, 7) is 6.20. The van der Waals surface area contributed by atoms with E-state index in [0.29, 0.717) is 23.9 Å². The van der Waals surface area contributed by atoms with Crippen molar-refractivity contribution >= 4 is 5.69 Å². The van der Waals surface area contributed by atoms with Crippen LogP contribution in [-0.2, 0) is 6.54 Å². The maximum atomic E-state index is 13.9. The molecule has 2 heterocycles. The van der Waals surface area contributed by atoms with Gasteiger partial charge in [-0.1, -0.05) is 41.1 Å². The Labute approximate surface area is 152 Å². The van der Waals surface area contributed by atoms with Gasteiger partial charge in [0.2, 0.25) is 5.82 Å². The lowest BCUT2D eigenvalue weighted by Gasteiger charge is -2.33. The zero-order valence-corrected chi connectivity index (χ0v) is 14.8. The molecule has 3 aromatic rings. The quantitative estimate of drug-likeness (QED) is 0.780. The number of benzene rings is 2. The SMILES string of the molecule is Cc1cccc(-c2noc(C[NH+]3CCN(c4ccccc4F)CC3)n2)c1. The first kappa shape index (κ1) is 16.7. The molecule has 0 atom stereocenters. The molecule has 1 aliphatic heterocycles. The largest absolute Gasteiger partial charge is 0.358 e.